The summed E-state index contributed by atoms with van der Waals surface area (Å²) in [6.07, 6.45) is 0.760. The molecule has 4 rings (SSSR count). The zero-order valence-corrected chi connectivity index (χ0v) is 18.9. The summed E-state index contributed by atoms with van der Waals surface area (Å²) in [4.78, 5) is 42.2. The number of thioether (sulfide) groups is 1. The summed E-state index contributed by atoms with van der Waals surface area (Å²) in [6.45, 7) is 2.28. The smallest absolute Gasteiger partial charge is 0.267 e. The fraction of sp³-hybridized carbons (Fsp3) is 0.182. The number of anilines is 2. The van der Waals surface area contributed by atoms with Gasteiger partial charge in [-0.05, 0) is 36.8 Å². The fourth-order valence-corrected chi connectivity index (χ4v) is 5.01. The third kappa shape index (κ3) is 4.11. The Bertz CT molecular complexity index is 1130. The first-order valence-corrected chi connectivity index (χ1v) is 11.3. The highest BCUT2D eigenvalue weighted by atomic mass is 35.5. The molecule has 0 bridgehead atoms. The molecule has 0 radical (unpaired) electrons. The van der Waals surface area contributed by atoms with Gasteiger partial charge in [-0.2, -0.15) is 0 Å². The van der Waals surface area contributed by atoms with Crippen molar-refractivity contribution in [1.29, 1.82) is 0 Å². The maximum atomic E-state index is 13.3. The number of carbonyl (C=O) groups excluding carboxylic acids is 3. The molecule has 1 fully saturated rings. The van der Waals surface area contributed by atoms with E-state index in [-0.39, 0.29) is 24.3 Å². The second kappa shape index (κ2) is 8.82. The van der Waals surface area contributed by atoms with Crippen LogP contribution in [-0.4, -0.2) is 40.0 Å². The van der Waals surface area contributed by atoms with E-state index in [9.17, 15) is 14.4 Å². The van der Waals surface area contributed by atoms with Crippen molar-refractivity contribution in [3.63, 3.8) is 0 Å². The van der Waals surface area contributed by atoms with E-state index in [4.69, 9.17) is 23.8 Å². The summed E-state index contributed by atoms with van der Waals surface area (Å²) in [5.41, 5.74) is 2.10. The molecule has 158 valence electrons. The number of rotatable bonds is 5. The van der Waals surface area contributed by atoms with Crippen molar-refractivity contribution in [1.82, 2.24) is 4.90 Å². The van der Waals surface area contributed by atoms with Crippen LogP contribution in [0.2, 0.25) is 5.02 Å². The van der Waals surface area contributed by atoms with Crippen LogP contribution in [0.3, 0.4) is 0 Å². The van der Waals surface area contributed by atoms with Crippen molar-refractivity contribution in [2.45, 2.75) is 13.3 Å². The molecule has 31 heavy (non-hydrogen) atoms. The standard InChI is InChI=1S/C22H18ClN3O3S2/c1-2-11-25-21(29)19(31-22(25)30)18-15-5-3-4-6-16(15)26(20(18)28)12-17(27)24-14-9-7-13(23)8-10-14/h3-10H,2,11-12H2,1H3,(H,24,27). The van der Waals surface area contributed by atoms with E-state index in [1.165, 1.54) is 9.80 Å². The van der Waals surface area contributed by atoms with Gasteiger partial charge in [-0.3, -0.25) is 24.2 Å². The van der Waals surface area contributed by atoms with Crippen molar-refractivity contribution in [3.8, 4) is 0 Å². The summed E-state index contributed by atoms with van der Waals surface area (Å²) in [5, 5.41) is 3.32. The lowest BCUT2D eigenvalue weighted by molar-refractivity contribution is -0.122. The van der Waals surface area contributed by atoms with Crippen molar-refractivity contribution >= 4 is 74.6 Å². The minimum atomic E-state index is -0.385. The SMILES string of the molecule is CCCN1C(=O)C(=C2C(=O)N(CC(=O)Nc3ccc(Cl)cc3)c3ccccc32)SC1=S. The molecule has 2 heterocycles. The number of carbonyl (C=O) groups is 3. The van der Waals surface area contributed by atoms with E-state index in [2.05, 4.69) is 5.32 Å². The predicted octanol–water partition coefficient (Wildman–Crippen LogP) is 4.31. The zero-order valence-electron chi connectivity index (χ0n) is 16.6. The predicted molar refractivity (Wildman–Crippen MR) is 128 cm³/mol. The van der Waals surface area contributed by atoms with Crippen molar-refractivity contribution in [2.24, 2.45) is 0 Å². The monoisotopic (exact) mass is 471 g/mol. The summed E-state index contributed by atoms with van der Waals surface area (Å²) in [7, 11) is 0. The van der Waals surface area contributed by atoms with Gasteiger partial charge < -0.3 is 5.32 Å². The number of amides is 3. The Morgan fingerprint density at radius 1 is 1.06 bits per heavy atom. The molecule has 0 unspecified atom stereocenters. The Hall–Kier alpha value is -2.68. The molecule has 3 amide bonds. The van der Waals surface area contributed by atoms with Gasteiger partial charge in [0.2, 0.25) is 5.91 Å². The third-order valence-electron chi connectivity index (χ3n) is 4.88. The maximum Gasteiger partial charge on any atom is 0.267 e. The Kier molecular flexibility index (Phi) is 6.13. The second-order valence-corrected chi connectivity index (χ2v) is 9.07. The number of nitrogens with one attached hydrogen (secondary N) is 1. The van der Waals surface area contributed by atoms with Crippen LogP contribution in [0.4, 0.5) is 11.4 Å². The van der Waals surface area contributed by atoms with Gasteiger partial charge in [0.05, 0.1) is 16.2 Å². The average molecular weight is 472 g/mol. The molecule has 0 atom stereocenters. The Labute approximate surface area is 194 Å². The Morgan fingerprint density at radius 2 is 1.77 bits per heavy atom. The van der Waals surface area contributed by atoms with Crippen molar-refractivity contribution in [3.05, 3.63) is 64.0 Å². The van der Waals surface area contributed by atoms with Gasteiger partial charge in [-0.1, -0.05) is 60.7 Å². The number of hydrogen-bond donors (Lipinski definition) is 1. The van der Waals surface area contributed by atoms with E-state index in [1.807, 2.05) is 6.92 Å². The lowest BCUT2D eigenvalue weighted by Gasteiger charge is -2.16. The fourth-order valence-electron chi connectivity index (χ4n) is 3.50. The Morgan fingerprint density at radius 3 is 2.48 bits per heavy atom. The molecule has 0 spiro atoms. The van der Waals surface area contributed by atoms with Gasteiger partial charge in [0.1, 0.15) is 10.9 Å². The van der Waals surface area contributed by atoms with Crippen LogP contribution in [0.1, 0.15) is 18.9 Å². The van der Waals surface area contributed by atoms with Gasteiger partial charge in [-0.15, -0.1) is 0 Å². The molecule has 2 aromatic carbocycles. The number of hydrogen-bond acceptors (Lipinski definition) is 5. The minimum Gasteiger partial charge on any atom is -0.325 e. The molecule has 9 heteroatoms. The molecule has 0 saturated carbocycles. The molecule has 1 saturated heterocycles. The molecule has 0 aliphatic carbocycles. The first-order chi connectivity index (χ1) is 14.9. The molecule has 0 aromatic heterocycles. The summed E-state index contributed by atoms with van der Waals surface area (Å²) < 4.78 is 0.443. The number of halogens is 1. The highest BCUT2D eigenvalue weighted by Crippen LogP contribution is 2.44. The van der Waals surface area contributed by atoms with Crippen LogP contribution < -0.4 is 10.2 Å². The molecule has 2 aliphatic heterocycles. The van der Waals surface area contributed by atoms with Gasteiger partial charge in [0.15, 0.2) is 0 Å². The van der Waals surface area contributed by atoms with E-state index in [0.717, 1.165) is 18.2 Å². The lowest BCUT2D eigenvalue weighted by atomic mass is 10.1. The van der Waals surface area contributed by atoms with Gasteiger partial charge >= 0.3 is 0 Å². The third-order valence-corrected chi connectivity index (χ3v) is 6.58. The Balaban J connectivity index is 1.64. The number of fused-ring (bicyclic) bond motifs is 1. The highest BCUT2D eigenvalue weighted by Gasteiger charge is 2.42. The van der Waals surface area contributed by atoms with Gasteiger partial charge in [0, 0.05) is 22.8 Å². The minimum absolute atomic E-state index is 0.183. The summed E-state index contributed by atoms with van der Waals surface area (Å²) in [5.74, 6) is -1.00. The van der Waals surface area contributed by atoms with Gasteiger partial charge in [-0.25, -0.2) is 0 Å². The first-order valence-electron chi connectivity index (χ1n) is 9.65. The van der Waals surface area contributed by atoms with Crippen molar-refractivity contribution in [2.75, 3.05) is 23.3 Å². The molecular formula is C22H18ClN3O3S2. The number of nitrogens with zero attached hydrogens (tertiary/aromatic N) is 2. The largest absolute Gasteiger partial charge is 0.325 e. The van der Waals surface area contributed by atoms with Crippen LogP contribution in [0.25, 0.3) is 5.57 Å². The van der Waals surface area contributed by atoms with Crippen LogP contribution in [0, 0.1) is 0 Å². The molecule has 2 aliphatic rings. The molecular weight excluding hydrogens is 454 g/mol. The quantitative estimate of drug-likeness (QED) is 0.520. The zero-order chi connectivity index (χ0) is 22.1. The molecule has 2 aromatic rings. The summed E-state index contributed by atoms with van der Waals surface area (Å²) in [6, 6.07) is 13.9. The van der Waals surface area contributed by atoms with Gasteiger partial charge in [0.25, 0.3) is 11.8 Å². The number of benzene rings is 2. The number of para-hydroxylation sites is 1. The molecule has 6 nitrogen and oxygen atoms in total. The van der Waals surface area contributed by atoms with E-state index >= 15 is 0 Å². The van der Waals surface area contributed by atoms with Crippen LogP contribution in [0.5, 0.6) is 0 Å². The van der Waals surface area contributed by atoms with Crippen LogP contribution >= 0.6 is 35.6 Å². The maximum absolute atomic E-state index is 13.3. The molecule has 1 N–H and O–H groups in total. The highest BCUT2D eigenvalue weighted by molar-refractivity contribution is 8.26. The number of thiocarbonyl (C=S) groups is 1. The van der Waals surface area contributed by atoms with E-state index < -0.39 is 0 Å². The van der Waals surface area contributed by atoms with Crippen LogP contribution in [0.15, 0.2) is 53.4 Å². The van der Waals surface area contributed by atoms with E-state index in [1.54, 1.807) is 48.5 Å². The second-order valence-electron chi connectivity index (χ2n) is 6.99. The summed E-state index contributed by atoms with van der Waals surface area (Å²) >= 11 is 12.4. The average Bonchev–Trinajstić information content (AvgIpc) is 3.18. The normalized spacial score (nSPS) is 18.1. The van der Waals surface area contributed by atoms with E-state index in [0.29, 0.717) is 43.3 Å². The topological polar surface area (TPSA) is 69.7 Å². The van der Waals surface area contributed by atoms with Crippen molar-refractivity contribution < 1.29 is 14.4 Å². The first kappa shape index (κ1) is 21.5. The lowest BCUT2D eigenvalue weighted by Crippen LogP contribution is -2.35. The van der Waals surface area contributed by atoms with Crippen LogP contribution in [-0.2, 0) is 14.4 Å².